The Balaban J connectivity index is 1.65. The molecule has 2 aromatic rings. The van der Waals surface area contributed by atoms with Crippen molar-refractivity contribution in [3.63, 3.8) is 0 Å². The molecule has 1 aromatic carbocycles. The fourth-order valence-corrected chi connectivity index (χ4v) is 4.29. The predicted molar refractivity (Wildman–Crippen MR) is 99.5 cm³/mol. The lowest BCUT2D eigenvalue weighted by atomic mass is 9.96. The Morgan fingerprint density at radius 2 is 2.23 bits per heavy atom. The van der Waals surface area contributed by atoms with Crippen LogP contribution in [0.4, 0.5) is 0 Å². The number of nitriles is 1. The Hall–Kier alpha value is -2.42. The van der Waals surface area contributed by atoms with Gasteiger partial charge in [-0.1, -0.05) is 23.7 Å². The van der Waals surface area contributed by atoms with Gasteiger partial charge in [-0.05, 0) is 43.0 Å². The van der Waals surface area contributed by atoms with Crippen LogP contribution in [0.5, 0.6) is 0 Å². The van der Waals surface area contributed by atoms with Gasteiger partial charge in [0, 0.05) is 25.4 Å². The summed E-state index contributed by atoms with van der Waals surface area (Å²) in [6, 6.07) is 11.5. The number of halogens is 1. The second-order valence-electron chi connectivity index (χ2n) is 7.04. The van der Waals surface area contributed by atoms with Crippen LogP contribution in [0.2, 0.25) is 5.02 Å². The normalized spacial score (nSPS) is 25.0. The molecule has 2 atom stereocenters. The third-order valence-electron chi connectivity index (χ3n) is 5.51. The third-order valence-corrected chi connectivity index (χ3v) is 5.83. The van der Waals surface area contributed by atoms with Crippen LogP contribution in [0.3, 0.4) is 0 Å². The molecule has 1 aromatic heterocycles. The topological polar surface area (TPSA) is 69.0 Å². The molecular weight excluding hydrogens is 348 g/mol. The van der Waals surface area contributed by atoms with Crippen LogP contribution in [0.1, 0.15) is 36.6 Å². The molecule has 2 saturated heterocycles. The van der Waals surface area contributed by atoms with Gasteiger partial charge >= 0.3 is 0 Å². The molecule has 0 bridgehead atoms. The monoisotopic (exact) mass is 366 g/mol. The molecule has 26 heavy (non-hydrogen) atoms. The van der Waals surface area contributed by atoms with Crippen LogP contribution >= 0.6 is 11.6 Å². The summed E-state index contributed by atoms with van der Waals surface area (Å²) < 4.78 is 0. The standard InChI is InChI=1S/C20H19ClN4O/c1-25-10-8-20(19(25)26)7-5-17(24-20)18-11-13(6-9-23-18)14-3-2-4-16(21)15(14)12-22/h2-4,6,9,11,17,24H,5,7-8,10H2,1H3/t17-,20+/m1/s1. The van der Waals surface area contributed by atoms with E-state index in [2.05, 4.69) is 16.4 Å². The van der Waals surface area contributed by atoms with Crippen LogP contribution < -0.4 is 5.32 Å². The lowest BCUT2D eigenvalue weighted by molar-refractivity contribution is -0.131. The van der Waals surface area contributed by atoms with Crippen molar-refractivity contribution in [2.45, 2.75) is 30.8 Å². The Morgan fingerprint density at radius 3 is 2.96 bits per heavy atom. The van der Waals surface area contributed by atoms with E-state index < -0.39 is 5.54 Å². The molecule has 132 valence electrons. The van der Waals surface area contributed by atoms with Gasteiger partial charge in [-0.15, -0.1) is 0 Å². The molecule has 0 unspecified atom stereocenters. The van der Waals surface area contributed by atoms with Crippen molar-refractivity contribution in [3.05, 3.63) is 52.8 Å². The number of likely N-dealkylation sites (tertiary alicyclic amines) is 1. The van der Waals surface area contributed by atoms with Crippen LogP contribution in [0, 0.1) is 11.3 Å². The van der Waals surface area contributed by atoms with Crippen LogP contribution in [0.15, 0.2) is 36.5 Å². The van der Waals surface area contributed by atoms with Crippen molar-refractivity contribution in [1.82, 2.24) is 15.2 Å². The maximum Gasteiger partial charge on any atom is 0.242 e. The number of nitrogens with zero attached hydrogens (tertiary/aromatic N) is 3. The molecule has 2 fully saturated rings. The zero-order valence-corrected chi connectivity index (χ0v) is 15.3. The second-order valence-corrected chi connectivity index (χ2v) is 7.45. The van der Waals surface area contributed by atoms with Gasteiger partial charge in [-0.3, -0.25) is 15.1 Å². The van der Waals surface area contributed by atoms with E-state index in [4.69, 9.17) is 11.6 Å². The highest BCUT2D eigenvalue weighted by Crippen LogP contribution is 2.39. The fraction of sp³-hybridized carbons (Fsp3) is 0.350. The van der Waals surface area contributed by atoms with Crippen LogP contribution in [-0.2, 0) is 4.79 Å². The molecule has 1 amide bonds. The van der Waals surface area contributed by atoms with Crippen molar-refractivity contribution in [2.75, 3.05) is 13.6 Å². The molecule has 0 radical (unpaired) electrons. The summed E-state index contributed by atoms with van der Waals surface area (Å²) in [5.41, 5.74) is 2.63. The Morgan fingerprint density at radius 1 is 1.38 bits per heavy atom. The first-order valence-electron chi connectivity index (χ1n) is 8.72. The number of carbonyl (C=O) groups excluding carboxylic acids is 1. The van der Waals surface area contributed by atoms with Gasteiger partial charge < -0.3 is 4.90 Å². The number of hydrogen-bond donors (Lipinski definition) is 1. The van der Waals surface area contributed by atoms with Gasteiger partial charge in [0.05, 0.1) is 22.3 Å². The van der Waals surface area contributed by atoms with E-state index in [1.54, 1.807) is 17.2 Å². The summed E-state index contributed by atoms with van der Waals surface area (Å²) in [5, 5.41) is 13.4. The molecule has 0 saturated carbocycles. The van der Waals surface area contributed by atoms with E-state index in [0.29, 0.717) is 10.6 Å². The average molecular weight is 367 g/mol. The number of rotatable bonds is 2. The van der Waals surface area contributed by atoms with Gasteiger partial charge in [0.2, 0.25) is 5.91 Å². The zero-order chi connectivity index (χ0) is 18.3. The number of carbonyl (C=O) groups is 1. The number of likely N-dealkylation sites (N-methyl/N-ethyl adjacent to an activating group) is 1. The van der Waals surface area contributed by atoms with Gasteiger partial charge in [-0.2, -0.15) is 5.26 Å². The van der Waals surface area contributed by atoms with Crippen molar-refractivity contribution in [2.24, 2.45) is 0 Å². The van der Waals surface area contributed by atoms with Gasteiger partial charge in [-0.25, -0.2) is 0 Å². The highest BCUT2D eigenvalue weighted by Gasteiger charge is 2.50. The second kappa shape index (κ2) is 6.39. The minimum absolute atomic E-state index is 0.0371. The lowest BCUT2D eigenvalue weighted by Crippen LogP contribution is -2.47. The smallest absolute Gasteiger partial charge is 0.242 e. The summed E-state index contributed by atoms with van der Waals surface area (Å²) in [6.45, 7) is 0.792. The van der Waals surface area contributed by atoms with Crippen molar-refractivity contribution >= 4 is 17.5 Å². The maximum absolute atomic E-state index is 12.5. The summed E-state index contributed by atoms with van der Waals surface area (Å²) in [4.78, 5) is 18.8. The summed E-state index contributed by atoms with van der Waals surface area (Å²) >= 11 is 6.17. The average Bonchev–Trinajstić information content (AvgIpc) is 3.22. The summed E-state index contributed by atoms with van der Waals surface area (Å²) in [7, 11) is 1.85. The number of pyridine rings is 1. The summed E-state index contributed by atoms with van der Waals surface area (Å²) in [6.07, 6.45) is 4.29. The number of nitrogens with one attached hydrogen (secondary N) is 1. The van der Waals surface area contributed by atoms with Gasteiger partial charge in [0.25, 0.3) is 0 Å². The number of aromatic nitrogens is 1. The van der Waals surface area contributed by atoms with E-state index >= 15 is 0 Å². The lowest BCUT2D eigenvalue weighted by Gasteiger charge is -2.23. The van der Waals surface area contributed by atoms with E-state index in [-0.39, 0.29) is 11.9 Å². The van der Waals surface area contributed by atoms with Crippen molar-refractivity contribution in [3.8, 4) is 17.2 Å². The van der Waals surface area contributed by atoms with Gasteiger partial charge in [0.15, 0.2) is 0 Å². The molecule has 1 spiro atoms. The molecule has 2 aliphatic rings. The maximum atomic E-state index is 12.5. The third kappa shape index (κ3) is 2.66. The summed E-state index contributed by atoms with van der Waals surface area (Å²) in [5.74, 6) is 0.178. The van der Waals surface area contributed by atoms with E-state index in [9.17, 15) is 10.1 Å². The molecule has 5 nitrogen and oxygen atoms in total. The SMILES string of the molecule is CN1CC[C@@]2(CC[C@H](c3cc(-c4cccc(Cl)c4C#N)ccn3)N2)C1=O. The molecule has 1 N–H and O–H groups in total. The minimum Gasteiger partial charge on any atom is -0.344 e. The predicted octanol–water partition coefficient (Wildman–Crippen LogP) is 3.30. The molecule has 6 heteroatoms. The highest BCUT2D eigenvalue weighted by atomic mass is 35.5. The largest absolute Gasteiger partial charge is 0.344 e. The Bertz CT molecular complexity index is 922. The minimum atomic E-state index is -0.440. The molecule has 2 aliphatic heterocycles. The number of amides is 1. The zero-order valence-electron chi connectivity index (χ0n) is 14.5. The molecular formula is C20H19ClN4O. The molecule has 3 heterocycles. The Labute approximate surface area is 157 Å². The van der Waals surface area contributed by atoms with E-state index in [0.717, 1.165) is 42.6 Å². The van der Waals surface area contributed by atoms with Crippen molar-refractivity contribution < 1.29 is 4.79 Å². The first kappa shape index (κ1) is 17.0. The quantitative estimate of drug-likeness (QED) is 0.885. The van der Waals surface area contributed by atoms with Crippen molar-refractivity contribution in [1.29, 1.82) is 5.26 Å². The van der Waals surface area contributed by atoms with Crippen LogP contribution in [0.25, 0.3) is 11.1 Å². The Kier molecular flexibility index (Phi) is 4.18. The number of hydrogen-bond acceptors (Lipinski definition) is 4. The molecule has 4 rings (SSSR count). The molecule has 0 aliphatic carbocycles. The number of benzene rings is 1. The fourth-order valence-electron chi connectivity index (χ4n) is 4.07. The first-order chi connectivity index (χ1) is 12.5. The first-order valence-corrected chi connectivity index (χ1v) is 9.10. The van der Waals surface area contributed by atoms with E-state index in [1.807, 2.05) is 31.3 Å². The van der Waals surface area contributed by atoms with Gasteiger partial charge in [0.1, 0.15) is 11.6 Å². The van der Waals surface area contributed by atoms with E-state index in [1.165, 1.54) is 0 Å². The van der Waals surface area contributed by atoms with Crippen LogP contribution in [-0.4, -0.2) is 34.9 Å². The highest BCUT2D eigenvalue weighted by molar-refractivity contribution is 6.32.